The standard InChI is InChI=1S/C16H24O.C8H7ClO2S.C7H16O.CH4/c1-5-11-16(3,4)13-17-12-15-9-7-14(6-2)8-10-15;1-2-7-3-5-8(6-4-7)12(9,10)11;1-4-5-7(2,3)6-8;/h6-10H,2,5,11-13H2,1,3-4H3;2-6H,1H2;8H,4-6H2,1-3H3;1H4. The van der Waals surface area contributed by atoms with Gasteiger partial charge in [-0.05, 0) is 52.5 Å². The summed E-state index contributed by atoms with van der Waals surface area (Å²) in [5.74, 6) is 0. The first-order valence-electron chi connectivity index (χ1n) is 12.8. The Kier molecular flexibility index (Phi) is 19.3. The van der Waals surface area contributed by atoms with Crippen LogP contribution in [0.25, 0.3) is 12.2 Å². The summed E-state index contributed by atoms with van der Waals surface area (Å²) < 4.78 is 27.3. The molecule has 0 unspecified atom stereocenters. The molecule has 0 aromatic heterocycles. The largest absolute Gasteiger partial charge is 0.396 e. The molecule has 0 amide bonds. The summed E-state index contributed by atoms with van der Waals surface area (Å²) in [6.07, 6.45) is 8.18. The molecule has 2 aromatic carbocycles. The van der Waals surface area contributed by atoms with E-state index in [1.54, 1.807) is 18.2 Å². The molecule has 0 aliphatic heterocycles. The third-order valence-electron chi connectivity index (χ3n) is 5.66. The fraction of sp³-hybridized carbons (Fsp3) is 0.500. The van der Waals surface area contributed by atoms with Crippen LogP contribution in [0.1, 0.15) is 91.3 Å². The molecular formula is C32H51ClO4S. The van der Waals surface area contributed by atoms with Crippen LogP contribution in [0.3, 0.4) is 0 Å². The van der Waals surface area contributed by atoms with Crippen molar-refractivity contribution in [1.82, 2.24) is 0 Å². The molecular weight excluding hydrogens is 516 g/mol. The number of ether oxygens (including phenoxy) is 1. The lowest BCUT2D eigenvalue weighted by Gasteiger charge is -2.23. The molecule has 4 nitrogen and oxygen atoms in total. The second kappa shape index (κ2) is 19.2. The monoisotopic (exact) mass is 566 g/mol. The Hall–Kier alpha value is -1.92. The van der Waals surface area contributed by atoms with Gasteiger partial charge in [-0.1, -0.05) is 124 Å². The maximum absolute atomic E-state index is 10.8. The van der Waals surface area contributed by atoms with E-state index in [4.69, 9.17) is 20.5 Å². The fourth-order valence-electron chi connectivity index (χ4n) is 3.47. The molecule has 0 aliphatic rings. The lowest BCUT2D eigenvalue weighted by atomic mass is 9.89. The van der Waals surface area contributed by atoms with Crippen molar-refractivity contribution in [2.24, 2.45) is 10.8 Å². The average Bonchev–Trinajstić information content (AvgIpc) is 2.84. The van der Waals surface area contributed by atoms with E-state index in [0.717, 1.165) is 30.6 Å². The second-order valence-corrected chi connectivity index (χ2v) is 13.2. The molecule has 6 heteroatoms. The first-order chi connectivity index (χ1) is 17.2. The van der Waals surface area contributed by atoms with Crippen molar-refractivity contribution < 1.29 is 18.3 Å². The van der Waals surface area contributed by atoms with Crippen LogP contribution < -0.4 is 0 Å². The van der Waals surface area contributed by atoms with E-state index in [-0.39, 0.29) is 23.2 Å². The molecule has 1 N–H and O–H groups in total. The molecule has 0 saturated carbocycles. The molecule has 0 bridgehead atoms. The summed E-state index contributed by atoms with van der Waals surface area (Å²) in [6.45, 7) is 22.1. The zero-order chi connectivity index (χ0) is 28.5. The lowest BCUT2D eigenvalue weighted by Crippen LogP contribution is -2.18. The Balaban J connectivity index is 0. The third-order valence-corrected chi connectivity index (χ3v) is 7.03. The summed E-state index contributed by atoms with van der Waals surface area (Å²) in [7, 11) is 1.51. The second-order valence-electron chi connectivity index (χ2n) is 10.6. The van der Waals surface area contributed by atoms with Gasteiger partial charge in [0.05, 0.1) is 18.1 Å². The van der Waals surface area contributed by atoms with Gasteiger partial charge in [-0.15, -0.1) is 0 Å². The first kappa shape index (κ1) is 38.2. The van der Waals surface area contributed by atoms with E-state index < -0.39 is 9.05 Å². The number of hydrogen-bond donors (Lipinski definition) is 1. The smallest absolute Gasteiger partial charge is 0.261 e. The third kappa shape index (κ3) is 17.6. The maximum atomic E-state index is 10.8. The predicted molar refractivity (Wildman–Crippen MR) is 167 cm³/mol. The SMILES string of the molecule is C.C=Cc1ccc(COCC(C)(C)CCC)cc1.C=Cc1ccc(S(=O)(=O)Cl)cc1.CCCC(C)(C)CO. The highest BCUT2D eigenvalue weighted by Gasteiger charge is 2.16. The predicted octanol–water partition coefficient (Wildman–Crippen LogP) is 9.37. The highest BCUT2D eigenvalue weighted by molar-refractivity contribution is 8.13. The van der Waals surface area contributed by atoms with Gasteiger partial charge in [0.1, 0.15) is 0 Å². The number of hydrogen-bond acceptors (Lipinski definition) is 4. The van der Waals surface area contributed by atoms with E-state index in [2.05, 4.69) is 79.0 Å². The van der Waals surface area contributed by atoms with Crippen molar-refractivity contribution in [1.29, 1.82) is 0 Å². The van der Waals surface area contributed by atoms with Gasteiger partial charge in [-0.3, -0.25) is 0 Å². The van der Waals surface area contributed by atoms with Crippen molar-refractivity contribution in [3.63, 3.8) is 0 Å². The van der Waals surface area contributed by atoms with Crippen LogP contribution in [-0.2, 0) is 20.4 Å². The topological polar surface area (TPSA) is 63.6 Å². The van der Waals surface area contributed by atoms with Gasteiger partial charge in [0.15, 0.2) is 0 Å². The molecule has 38 heavy (non-hydrogen) atoms. The van der Waals surface area contributed by atoms with E-state index in [1.807, 2.05) is 6.08 Å². The average molecular weight is 567 g/mol. The molecule has 0 atom stereocenters. The normalized spacial score (nSPS) is 11.2. The van der Waals surface area contributed by atoms with Gasteiger partial charge in [0, 0.05) is 17.3 Å². The number of halogens is 1. The lowest BCUT2D eigenvalue weighted by molar-refractivity contribution is 0.0468. The highest BCUT2D eigenvalue weighted by Crippen LogP contribution is 2.23. The number of aliphatic hydroxyl groups is 1. The minimum absolute atomic E-state index is 0. The minimum Gasteiger partial charge on any atom is -0.396 e. The summed E-state index contributed by atoms with van der Waals surface area (Å²) in [6, 6.07) is 14.5. The Morgan fingerprint density at radius 1 is 0.842 bits per heavy atom. The van der Waals surface area contributed by atoms with Crippen LogP contribution in [0.4, 0.5) is 0 Å². The summed E-state index contributed by atoms with van der Waals surface area (Å²) >= 11 is 0. The fourth-order valence-corrected chi connectivity index (χ4v) is 4.24. The van der Waals surface area contributed by atoms with E-state index >= 15 is 0 Å². The molecule has 0 saturated heterocycles. The van der Waals surface area contributed by atoms with E-state index in [0.29, 0.717) is 13.2 Å². The zero-order valence-corrected chi connectivity index (χ0v) is 25.2. The van der Waals surface area contributed by atoms with Gasteiger partial charge in [0.25, 0.3) is 9.05 Å². The number of aliphatic hydroxyl groups excluding tert-OH is 1. The first-order valence-corrected chi connectivity index (χ1v) is 15.1. The number of benzene rings is 2. The van der Waals surface area contributed by atoms with E-state index in [9.17, 15) is 8.42 Å². The summed E-state index contributed by atoms with van der Waals surface area (Å²) in [4.78, 5) is 0.106. The Labute approximate surface area is 238 Å². The minimum atomic E-state index is -3.59. The van der Waals surface area contributed by atoms with Gasteiger partial charge in [0.2, 0.25) is 0 Å². The Bertz CT molecular complexity index is 1010. The van der Waals surface area contributed by atoms with Crippen LogP contribution in [0.2, 0.25) is 0 Å². The quantitative estimate of drug-likeness (QED) is 0.260. The molecule has 0 fully saturated rings. The Morgan fingerprint density at radius 3 is 1.61 bits per heavy atom. The molecule has 2 aromatic rings. The summed E-state index contributed by atoms with van der Waals surface area (Å²) in [5, 5.41) is 8.73. The van der Waals surface area contributed by atoms with Crippen LogP contribution in [0.5, 0.6) is 0 Å². The Morgan fingerprint density at radius 2 is 1.26 bits per heavy atom. The van der Waals surface area contributed by atoms with Crippen molar-refractivity contribution >= 4 is 31.9 Å². The molecule has 0 heterocycles. The van der Waals surface area contributed by atoms with Crippen LogP contribution in [-0.4, -0.2) is 26.7 Å². The van der Waals surface area contributed by atoms with Gasteiger partial charge in [-0.25, -0.2) is 8.42 Å². The van der Waals surface area contributed by atoms with Crippen molar-refractivity contribution in [2.75, 3.05) is 13.2 Å². The van der Waals surface area contributed by atoms with Gasteiger partial charge >= 0.3 is 0 Å². The molecule has 216 valence electrons. The number of rotatable bonds is 12. The molecule has 0 aliphatic carbocycles. The van der Waals surface area contributed by atoms with Crippen LogP contribution in [0, 0.1) is 10.8 Å². The molecule has 0 radical (unpaired) electrons. The zero-order valence-electron chi connectivity index (χ0n) is 23.6. The van der Waals surface area contributed by atoms with E-state index in [1.165, 1.54) is 30.5 Å². The van der Waals surface area contributed by atoms with Gasteiger partial charge in [-0.2, -0.15) is 0 Å². The highest BCUT2D eigenvalue weighted by atomic mass is 35.7. The molecule has 2 rings (SSSR count). The maximum Gasteiger partial charge on any atom is 0.261 e. The summed E-state index contributed by atoms with van der Waals surface area (Å²) in [5.41, 5.74) is 3.67. The van der Waals surface area contributed by atoms with Crippen molar-refractivity contribution in [3.8, 4) is 0 Å². The van der Waals surface area contributed by atoms with Gasteiger partial charge < -0.3 is 9.84 Å². The molecule has 0 spiro atoms. The van der Waals surface area contributed by atoms with Crippen LogP contribution in [0.15, 0.2) is 66.6 Å². The van der Waals surface area contributed by atoms with Crippen LogP contribution >= 0.6 is 10.7 Å². The van der Waals surface area contributed by atoms with Crippen molar-refractivity contribution in [2.45, 2.75) is 86.2 Å². The van der Waals surface area contributed by atoms with Crippen molar-refractivity contribution in [3.05, 3.63) is 78.4 Å².